The number of benzene rings is 3. The number of rotatable bonds is 11. The molecule has 4 nitrogen and oxygen atoms in total. The molecule has 1 aliphatic carbocycles. The molecule has 1 atom stereocenters. The average molecular weight is 535 g/mol. The van der Waals surface area contributed by atoms with Gasteiger partial charge in [0.15, 0.2) is 0 Å². The lowest BCUT2D eigenvalue weighted by molar-refractivity contribution is -0.139. The zero-order valence-corrected chi connectivity index (χ0v) is 22.9. The summed E-state index contributed by atoms with van der Waals surface area (Å²) in [6.07, 6.45) is 4.71. The SMILES string of the molecule is Cc1cccc(CSCC(=O)N(Cc2ccccc2Cl)[C@H](Cc2ccccc2)C(=O)NC2CCCC2)c1. The number of carbonyl (C=O) groups is 2. The summed E-state index contributed by atoms with van der Waals surface area (Å²) in [5.74, 6) is 0.894. The van der Waals surface area contributed by atoms with E-state index in [1.54, 1.807) is 16.7 Å². The Kier molecular flexibility index (Phi) is 10.1. The molecule has 0 bridgehead atoms. The molecule has 0 radical (unpaired) electrons. The van der Waals surface area contributed by atoms with Gasteiger partial charge < -0.3 is 10.2 Å². The maximum atomic E-state index is 13.8. The number of aryl methyl sites for hydroxylation is 1. The summed E-state index contributed by atoms with van der Waals surface area (Å²) in [7, 11) is 0. The Labute approximate surface area is 229 Å². The van der Waals surface area contributed by atoms with E-state index in [1.807, 2.05) is 60.7 Å². The van der Waals surface area contributed by atoms with Crippen molar-refractivity contribution in [2.24, 2.45) is 0 Å². The summed E-state index contributed by atoms with van der Waals surface area (Å²) in [5.41, 5.74) is 4.26. The van der Waals surface area contributed by atoms with Crippen LogP contribution in [0.4, 0.5) is 0 Å². The molecule has 3 aromatic rings. The van der Waals surface area contributed by atoms with Gasteiger partial charge in [-0.15, -0.1) is 11.8 Å². The van der Waals surface area contributed by atoms with Crippen LogP contribution in [0.15, 0.2) is 78.9 Å². The van der Waals surface area contributed by atoms with Crippen molar-refractivity contribution in [1.29, 1.82) is 0 Å². The van der Waals surface area contributed by atoms with Crippen LogP contribution in [-0.4, -0.2) is 34.6 Å². The highest BCUT2D eigenvalue weighted by Crippen LogP contribution is 2.23. The van der Waals surface area contributed by atoms with E-state index in [0.29, 0.717) is 23.7 Å². The summed E-state index contributed by atoms with van der Waals surface area (Å²) < 4.78 is 0. The highest BCUT2D eigenvalue weighted by Gasteiger charge is 2.32. The smallest absolute Gasteiger partial charge is 0.243 e. The molecule has 1 N–H and O–H groups in total. The van der Waals surface area contributed by atoms with Gasteiger partial charge in [0.25, 0.3) is 0 Å². The molecule has 4 rings (SSSR count). The molecule has 0 heterocycles. The monoisotopic (exact) mass is 534 g/mol. The second-order valence-corrected chi connectivity index (χ2v) is 11.2. The summed E-state index contributed by atoms with van der Waals surface area (Å²) in [5, 5.41) is 3.85. The molecule has 37 heavy (non-hydrogen) atoms. The lowest BCUT2D eigenvalue weighted by Gasteiger charge is -2.32. The fourth-order valence-electron chi connectivity index (χ4n) is 4.87. The van der Waals surface area contributed by atoms with E-state index in [1.165, 1.54) is 11.1 Å². The largest absolute Gasteiger partial charge is 0.352 e. The first-order valence-corrected chi connectivity index (χ1v) is 14.5. The molecule has 1 fully saturated rings. The third kappa shape index (κ3) is 8.11. The predicted octanol–water partition coefficient (Wildman–Crippen LogP) is 6.58. The van der Waals surface area contributed by atoms with Crippen LogP contribution in [-0.2, 0) is 28.3 Å². The van der Waals surface area contributed by atoms with Crippen LogP contribution < -0.4 is 5.32 Å². The number of nitrogens with one attached hydrogen (secondary N) is 1. The first-order valence-electron chi connectivity index (χ1n) is 13.0. The molecule has 2 amide bonds. The van der Waals surface area contributed by atoms with Crippen molar-refractivity contribution in [3.8, 4) is 0 Å². The number of amides is 2. The second-order valence-electron chi connectivity index (χ2n) is 9.79. The van der Waals surface area contributed by atoms with Crippen molar-refractivity contribution in [2.75, 3.05) is 5.75 Å². The van der Waals surface area contributed by atoms with Crippen molar-refractivity contribution in [3.63, 3.8) is 0 Å². The second kappa shape index (κ2) is 13.7. The molecular formula is C31H35ClN2O2S. The van der Waals surface area contributed by atoms with Gasteiger partial charge in [-0.2, -0.15) is 0 Å². The Morgan fingerprint density at radius 1 is 0.973 bits per heavy atom. The normalized spacial score (nSPS) is 14.3. The van der Waals surface area contributed by atoms with E-state index in [9.17, 15) is 9.59 Å². The number of nitrogens with zero attached hydrogens (tertiary/aromatic N) is 1. The van der Waals surface area contributed by atoms with E-state index in [-0.39, 0.29) is 17.9 Å². The third-order valence-corrected chi connectivity index (χ3v) is 8.21. The molecule has 0 aliphatic heterocycles. The minimum absolute atomic E-state index is 0.0555. The molecule has 0 saturated heterocycles. The van der Waals surface area contributed by atoms with Crippen molar-refractivity contribution in [2.45, 2.75) is 63.4 Å². The third-order valence-electron chi connectivity index (χ3n) is 6.85. The van der Waals surface area contributed by atoms with Crippen LogP contribution in [0.3, 0.4) is 0 Å². The highest BCUT2D eigenvalue weighted by atomic mass is 35.5. The van der Waals surface area contributed by atoms with Crippen LogP contribution in [0.5, 0.6) is 0 Å². The van der Waals surface area contributed by atoms with Crippen molar-refractivity contribution in [1.82, 2.24) is 10.2 Å². The number of hydrogen-bond acceptors (Lipinski definition) is 3. The quantitative estimate of drug-likeness (QED) is 0.302. The summed E-state index contributed by atoms with van der Waals surface area (Å²) >= 11 is 8.09. The summed E-state index contributed by atoms with van der Waals surface area (Å²) in [6, 6.07) is 25.4. The van der Waals surface area contributed by atoms with Crippen LogP contribution in [0.25, 0.3) is 0 Å². The Balaban J connectivity index is 1.57. The molecule has 0 aromatic heterocycles. The van der Waals surface area contributed by atoms with E-state index >= 15 is 0 Å². The molecule has 1 saturated carbocycles. The summed E-state index contributed by atoms with van der Waals surface area (Å²) in [6.45, 7) is 2.36. The number of thioether (sulfide) groups is 1. The molecule has 0 spiro atoms. The highest BCUT2D eigenvalue weighted by molar-refractivity contribution is 7.99. The van der Waals surface area contributed by atoms with Gasteiger partial charge in [0, 0.05) is 29.8 Å². The molecular weight excluding hydrogens is 500 g/mol. The minimum Gasteiger partial charge on any atom is -0.352 e. The number of hydrogen-bond donors (Lipinski definition) is 1. The topological polar surface area (TPSA) is 49.4 Å². The van der Waals surface area contributed by atoms with Crippen LogP contribution in [0.2, 0.25) is 5.02 Å². The van der Waals surface area contributed by atoms with Gasteiger partial charge in [0.2, 0.25) is 11.8 Å². The number of halogens is 1. The van der Waals surface area contributed by atoms with E-state index in [4.69, 9.17) is 11.6 Å². The Morgan fingerprint density at radius 2 is 1.68 bits per heavy atom. The predicted molar refractivity (Wildman–Crippen MR) is 154 cm³/mol. The maximum Gasteiger partial charge on any atom is 0.243 e. The number of carbonyl (C=O) groups excluding carboxylic acids is 2. The Bertz CT molecular complexity index is 1180. The van der Waals surface area contributed by atoms with Crippen molar-refractivity contribution >= 4 is 35.2 Å². The fourth-order valence-corrected chi connectivity index (χ4v) is 5.93. The zero-order chi connectivity index (χ0) is 26.0. The average Bonchev–Trinajstić information content (AvgIpc) is 3.41. The van der Waals surface area contributed by atoms with E-state index in [0.717, 1.165) is 42.6 Å². The van der Waals surface area contributed by atoms with Gasteiger partial charge in [0.1, 0.15) is 6.04 Å². The first kappa shape index (κ1) is 27.3. The van der Waals surface area contributed by atoms with E-state index < -0.39 is 6.04 Å². The maximum absolute atomic E-state index is 13.8. The Morgan fingerprint density at radius 3 is 2.41 bits per heavy atom. The van der Waals surface area contributed by atoms with Crippen molar-refractivity contribution < 1.29 is 9.59 Å². The molecule has 0 unspecified atom stereocenters. The zero-order valence-electron chi connectivity index (χ0n) is 21.4. The molecule has 194 valence electrons. The van der Waals surface area contributed by atoms with E-state index in [2.05, 4.69) is 30.4 Å². The van der Waals surface area contributed by atoms with Gasteiger partial charge in [-0.25, -0.2) is 0 Å². The van der Waals surface area contributed by atoms with Crippen LogP contribution >= 0.6 is 23.4 Å². The Hall–Kier alpha value is -2.76. The van der Waals surface area contributed by atoms with Crippen LogP contribution in [0, 0.1) is 6.92 Å². The summed E-state index contributed by atoms with van der Waals surface area (Å²) in [4.78, 5) is 29.2. The van der Waals surface area contributed by atoms with Gasteiger partial charge in [-0.1, -0.05) is 103 Å². The first-order chi connectivity index (χ1) is 18.0. The van der Waals surface area contributed by atoms with Gasteiger partial charge >= 0.3 is 0 Å². The molecule has 3 aromatic carbocycles. The lowest BCUT2D eigenvalue weighted by Crippen LogP contribution is -2.52. The van der Waals surface area contributed by atoms with Gasteiger partial charge in [-0.05, 0) is 42.5 Å². The lowest BCUT2D eigenvalue weighted by atomic mass is 10.0. The van der Waals surface area contributed by atoms with Crippen molar-refractivity contribution in [3.05, 3.63) is 106 Å². The fraction of sp³-hybridized carbons (Fsp3) is 0.355. The minimum atomic E-state index is -0.619. The van der Waals surface area contributed by atoms with Gasteiger partial charge in [0.05, 0.1) is 5.75 Å². The van der Waals surface area contributed by atoms with Crippen LogP contribution in [0.1, 0.15) is 47.9 Å². The molecule has 6 heteroatoms. The van der Waals surface area contributed by atoms with Gasteiger partial charge in [-0.3, -0.25) is 9.59 Å². The molecule has 1 aliphatic rings. The standard InChI is InChI=1S/C31H35ClN2O2S/c1-23-10-9-13-25(18-23)21-37-22-30(35)34(20-26-14-5-8-17-28(26)32)29(19-24-11-3-2-4-12-24)31(36)33-27-15-6-7-16-27/h2-5,8-14,17-18,27,29H,6-7,15-16,19-22H2,1H3,(H,33,36)/t29-/m1/s1.